The molecule has 0 bridgehead atoms. The topological polar surface area (TPSA) is 38.3 Å². The molecule has 0 aromatic heterocycles. The van der Waals surface area contributed by atoms with Gasteiger partial charge < -0.3 is 0 Å². The van der Waals surface area contributed by atoms with Crippen molar-refractivity contribution in [2.45, 2.75) is 102 Å². The maximum absolute atomic E-state index is 12.8. The summed E-state index contributed by atoms with van der Waals surface area (Å²) in [6, 6.07) is 10.7. The number of nitrogens with one attached hydrogen (secondary N) is 1. The third-order valence-corrected chi connectivity index (χ3v) is 6.31. The van der Waals surface area contributed by atoms with Crippen LogP contribution in [0.3, 0.4) is 0 Å². The highest BCUT2D eigenvalue weighted by Crippen LogP contribution is 2.40. The van der Waals surface area contributed by atoms with Crippen molar-refractivity contribution in [2.75, 3.05) is 0 Å². The summed E-state index contributed by atoms with van der Waals surface area (Å²) in [4.78, 5) is 18.5. The van der Waals surface area contributed by atoms with E-state index in [1.807, 2.05) is 0 Å². The van der Waals surface area contributed by atoms with Gasteiger partial charge in [0.05, 0.1) is 0 Å². The first-order valence-corrected chi connectivity index (χ1v) is 11.5. The van der Waals surface area contributed by atoms with Gasteiger partial charge in [-0.2, -0.15) is 0 Å². The molecule has 154 valence electrons. The van der Waals surface area contributed by atoms with Gasteiger partial charge in [-0.15, -0.1) is 0 Å². The average molecular weight is 384 g/mol. The fraction of sp³-hybridized carbons (Fsp3) is 0.640. The van der Waals surface area contributed by atoms with Gasteiger partial charge in [0, 0.05) is 6.42 Å². The average Bonchev–Trinajstić information content (AvgIpc) is 3.16. The van der Waals surface area contributed by atoms with Crippen molar-refractivity contribution in [3.8, 4) is 0 Å². The highest BCUT2D eigenvalue weighted by molar-refractivity contribution is 5.95. The lowest BCUT2D eigenvalue weighted by Crippen LogP contribution is -2.20. The molecule has 1 aromatic carbocycles. The fourth-order valence-corrected chi connectivity index (χ4v) is 4.58. The summed E-state index contributed by atoms with van der Waals surface area (Å²) in [6.45, 7) is 2.26. The minimum Gasteiger partial charge on any atom is -0.292 e. The SMILES string of the molecule is CCCCCCCCCCCC(=O)C1=C2CC(c3ccccc3)CCC2ON1. The number of Topliss-reactive ketones (excluding diaryl/α,β-unsaturated/α-hetero) is 1. The van der Waals surface area contributed by atoms with Gasteiger partial charge in [-0.25, -0.2) is 0 Å². The van der Waals surface area contributed by atoms with Crippen LogP contribution in [0, 0.1) is 0 Å². The second-order valence-electron chi connectivity index (χ2n) is 8.50. The number of unbranched alkanes of at least 4 members (excludes halogenated alkanes) is 8. The molecule has 28 heavy (non-hydrogen) atoms. The molecule has 2 aliphatic rings. The molecule has 3 heteroatoms. The summed E-state index contributed by atoms with van der Waals surface area (Å²) in [5.41, 5.74) is 6.34. The van der Waals surface area contributed by atoms with Crippen molar-refractivity contribution in [2.24, 2.45) is 0 Å². The summed E-state index contributed by atoms with van der Waals surface area (Å²) < 4.78 is 0. The highest BCUT2D eigenvalue weighted by atomic mass is 16.7. The number of carbonyl (C=O) groups excluding carboxylic acids is 1. The largest absolute Gasteiger partial charge is 0.292 e. The van der Waals surface area contributed by atoms with Gasteiger partial charge in [-0.05, 0) is 42.7 Å². The number of benzene rings is 1. The fourth-order valence-electron chi connectivity index (χ4n) is 4.58. The van der Waals surface area contributed by atoms with Gasteiger partial charge in [-0.1, -0.05) is 88.6 Å². The monoisotopic (exact) mass is 383 g/mol. The Kier molecular flexibility index (Phi) is 8.60. The molecule has 1 saturated carbocycles. The van der Waals surface area contributed by atoms with Crippen LogP contribution in [-0.2, 0) is 9.63 Å². The van der Waals surface area contributed by atoms with Crippen molar-refractivity contribution in [1.82, 2.24) is 5.48 Å². The minimum absolute atomic E-state index is 0.0991. The molecule has 2 unspecified atom stereocenters. The molecule has 0 spiro atoms. The summed E-state index contributed by atoms with van der Waals surface area (Å²) in [5, 5.41) is 0. The Labute approximate surface area is 170 Å². The minimum atomic E-state index is 0.0991. The zero-order valence-electron chi connectivity index (χ0n) is 17.6. The molecule has 1 aliphatic carbocycles. The number of fused-ring (bicyclic) bond motifs is 1. The molecule has 3 nitrogen and oxygen atoms in total. The van der Waals surface area contributed by atoms with Gasteiger partial charge in [0.25, 0.3) is 0 Å². The number of hydroxylamine groups is 1. The van der Waals surface area contributed by atoms with Crippen LogP contribution in [0.1, 0.15) is 102 Å². The van der Waals surface area contributed by atoms with E-state index >= 15 is 0 Å². The van der Waals surface area contributed by atoms with Gasteiger partial charge in [0.15, 0.2) is 5.78 Å². The van der Waals surface area contributed by atoms with E-state index in [2.05, 4.69) is 42.7 Å². The Morgan fingerprint density at radius 3 is 2.36 bits per heavy atom. The van der Waals surface area contributed by atoms with Crippen LogP contribution < -0.4 is 5.48 Å². The first-order valence-electron chi connectivity index (χ1n) is 11.5. The number of hydrogen-bond acceptors (Lipinski definition) is 3. The summed E-state index contributed by atoms with van der Waals surface area (Å²) in [6.07, 6.45) is 15.3. The van der Waals surface area contributed by atoms with Crippen LogP contribution in [0.15, 0.2) is 41.6 Å². The van der Waals surface area contributed by atoms with E-state index in [1.54, 1.807) is 0 Å². The maximum Gasteiger partial charge on any atom is 0.181 e. The Morgan fingerprint density at radius 1 is 0.964 bits per heavy atom. The van der Waals surface area contributed by atoms with Gasteiger partial charge in [0.1, 0.15) is 11.8 Å². The van der Waals surface area contributed by atoms with Crippen LogP contribution in [0.2, 0.25) is 0 Å². The molecule has 1 fully saturated rings. The standard InChI is InChI=1S/C25H37NO2/c1-2-3-4-5-6-7-8-9-13-16-23(27)25-22-19-21(17-18-24(22)28-26-25)20-14-11-10-12-15-20/h10-12,14-15,21,24,26H,2-9,13,16-19H2,1H3. The highest BCUT2D eigenvalue weighted by Gasteiger charge is 2.35. The Hall–Kier alpha value is -1.61. The molecule has 0 radical (unpaired) electrons. The van der Waals surface area contributed by atoms with Gasteiger partial charge in [-0.3, -0.25) is 15.1 Å². The van der Waals surface area contributed by atoms with Crippen LogP contribution in [0.5, 0.6) is 0 Å². The first-order chi connectivity index (χ1) is 13.8. The van der Waals surface area contributed by atoms with Gasteiger partial charge in [0.2, 0.25) is 0 Å². The molecule has 1 aliphatic heterocycles. The van der Waals surface area contributed by atoms with Crippen molar-refractivity contribution in [1.29, 1.82) is 0 Å². The zero-order valence-corrected chi connectivity index (χ0v) is 17.6. The molecule has 1 heterocycles. The lowest BCUT2D eigenvalue weighted by atomic mass is 9.79. The van der Waals surface area contributed by atoms with E-state index in [1.165, 1.54) is 62.5 Å². The summed E-state index contributed by atoms with van der Waals surface area (Å²) in [7, 11) is 0. The summed E-state index contributed by atoms with van der Waals surface area (Å²) >= 11 is 0. The normalized spacial score (nSPS) is 21.5. The predicted octanol–water partition coefficient (Wildman–Crippen LogP) is 6.60. The third kappa shape index (κ3) is 5.94. The van der Waals surface area contributed by atoms with Crippen LogP contribution in [-0.4, -0.2) is 11.9 Å². The lowest BCUT2D eigenvalue weighted by molar-refractivity contribution is -0.117. The second-order valence-corrected chi connectivity index (χ2v) is 8.50. The predicted molar refractivity (Wildman–Crippen MR) is 115 cm³/mol. The molecule has 1 N–H and O–H groups in total. The lowest BCUT2D eigenvalue weighted by Gasteiger charge is -2.27. The van der Waals surface area contributed by atoms with Crippen molar-refractivity contribution < 1.29 is 9.63 Å². The van der Waals surface area contributed by atoms with E-state index in [0.717, 1.165) is 31.4 Å². The number of carbonyl (C=O) groups is 1. The number of hydrogen-bond donors (Lipinski definition) is 1. The molecular formula is C25H37NO2. The quantitative estimate of drug-likeness (QED) is 0.413. The van der Waals surface area contributed by atoms with Crippen LogP contribution >= 0.6 is 0 Å². The summed E-state index contributed by atoms with van der Waals surface area (Å²) in [5.74, 6) is 0.751. The van der Waals surface area contributed by atoms with E-state index in [9.17, 15) is 4.79 Å². The maximum atomic E-state index is 12.8. The molecule has 0 amide bonds. The molecule has 3 rings (SSSR count). The Balaban J connectivity index is 1.42. The van der Waals surface area contributed by atoms with Crippen molar-refractivity contribution in [3.63, 3.8) is 0 Å². The van der Waals surface area contributed by atoms with E-state index in [0.29, 0.717) is 12.3 Å². The van der Waals surface area contributed by atoms with Crippen LogP contribution in [0.25, 0.3) is 0 Å². The van der Waals surface area contributed by atoms with Crippen molar-refractivity contribution in [3.05, 3.63) is 47.2 Å². The van der Waals surface area contributed by atoms with E-state index in [4.69, 9.17) is 4.84 Å². The molecular weight excluding hydrogens is 346 g/mol. The van der Waals surface area contributed by atoms with Gasteiger partial charge >= 0.3 is 0 Å². The Bertz CT molecular complexity index is 637. The van der Waals surface area contributed by atoms with E-state index < -0.39 is 0 Å². The van der Waals surface area contributed by atoms with Crippen molar-refractivity contribution >= 4 is 5.78 Å². The smallest absolute Gasteiger partial charge is 0.181 e. The number of allylic oxidation sites excluding steroid dienone is 1. The van der Waals surface area contributed by atoms with E-state index in [-0.39, 0.29) is 11.9 Å². The van der Waals surface area contributed by atoms with Crippen LogP contribution in [0.4, 0.5) is 0 Å². The first kappa shape index (κ1) is 21.1. The molecule has 2 atom stereocenters. The second kappa shape index (κ2) is 11.4. The molecule has 1 aromatic rings. The Morgan fingerprint density at radius 2 is 1.64 bits per heavy atom. The third-order valence-electron chi connectivity index (χ3n) is 6.31. The zero-order chi connectivity index (χ0) is 19.6. The molecule has 0 saturated heterocycles. The number of ketones is 1. The number of rotatable bonds is 12.